The molecule has 3 heterocycles. The number of nitrogens with zero attached hydrogens (tertiary/aromatic N) is 3. The molecular weight excluding hydrogens is 450 g/mol. The van der Waals surface area contributed by atoms with E-state index in [0.717, 1.165) is 39.6 Å². The number of methoxy groups -OCH3 is 1. The van der Waals surface area contributed by atoms with E-state index in [0.29, 0.717) is 18.1 Å². The number of carbonyl (C=O) groups excluding carboxylic acids is 2. The van der Waals surface area contributed by atoms with E-state index in [-0.39, 0.29) is 11.4 Å². The third kappa shape index (κ3) is 4.61. The first-order valence-corrected chi connectivity index (χ1v) is 12.0. The van der Waals surface area contributed by atoms with Crippen LogP contribution in [0.2, 0.25) is 0 Å². The van der Waals surface area contributed by atoms with Gasteiger partial charge < -0.3 is 15.4 Å². The molecule has 3 N–H and O–H groups in total. The zero-order valence-electron chi connectivity index (χ0n) is 19.8. The number of hydrogen-bond donors (Lipinski definition) is 2. The van der Waals surface area contributed by atoms with Gasteiger partial charge in [-0.3, -0.25) is 15.1 Å². The number of nitrogens with one attached hydrogen (secondary N) is 1. The number of carbonyl (C=O) groups is 2. The minimum Gasteiger partial charge on any atom is -0.497 e. The zero-order valence-corrected chi connectivity index (χ0v) is 20.6. The van der Waals surface area contributed by atoms with Crippen LogP contribution in [0.25, 0.3) is 10.4 Å². The number of primary amides is 1. The molecule has 0 saturated carbocycles. The molecule has 0 radical (unpaired) electrons. The minimum absolute atomic E-state index is 0.322. The summed E-state index contributed by atoms with van der Waals surface area (Å²) in [4.78, 5) is 36.0. The maximum atomic E-state index is 12.7. The number of rotatable bonds is 6. The van der Waals surface area contributed by atoms with Gasteiger partial charge >= 0.3 is 6.03 Å². The highest BCUT2D eigenvalue weighted by molar-refractivity contribution is 7.19. The summed E-state index contributed by atoms with van der Waals surface area (Å²) in [6.07, 6.45) is 3.15. The van der Waals surface area contributed by atoms with E-state index in [1.165, 1.54) is 16.2 Å². The number of aromatic nitrogens is 2. The second-order valence-electron chi connectivity index (χ2n) is 8.90. The van der Waals surface area contributed by atoms with Gasteiger partial charge in [0.15, 0.2) is 5.13 Å². The first-order chi connectivity index (χ1) is 16.2. The van der Waals surface area contributed by atoms with Gasteiger partial charge in [0.25, 0.3) is 0 Å². The highest BCUT2D eigenvalue weighted by Crippen LogP contribution is 2.37. The van der Waals surface area contributed by atoms with Crippen LogP contribution in [0.4, 0.5) is 9.93 Å². The van der Waals surface area contributed by atoms with Crippen molar-refractivity contribution in [3.8, 4) is 16.2 Å². The highest BCUT2D eigenvalue weighted by atomic mass is 32.1. The summed E-state index contributed by atoms with van der Waals surface area (Å²) in [7, 11) is 1.65. The topological polar surface area (TPSA) is 110 Å². The number of nitrogens with two attached hydrogens (primary N) is 1. The summed E-state index contributed by atoms with van der Waals surface area (Å²) < 4.78 is 5.28. The Morgan fingerprint density at radius 2 is 1.97 bits per heavy atom. The number of benzene rings is 1. The molecule has 34 heavy (non-hydrogen) atoms. The number of urea groups is 1. The molecule has 1 aliphatic rings. The molecule has 0 aliphatic carbocycles. The van der Waals surface area contributed by atoms with Gasteiger partial charge in [-0.05, 0) is 55.2 Å². The summed E-state index contributed by atoms with van der Waals surface area (Å²) >= 11 is 1.40. The van der Waals surface area contributed by atoms with Crippen LogP contribution in [0.15, 0.2) is 42.6 Å². The number of anilines is 1. The number of pyridine rings is 1. The molecule has 0 spiro atoms. The van der Waals surface area contributed by atoms with E-state index in [1.54, 1.807) is 13.3 Å². The molecule has 9 heteroatoms. The van der Waals surface area contributed by atoms with Crippen molar-refractivity contribution in [2.75, 3.05) is 19.0 Å². The predicted molar refractivity (Wildman–Crippen MR) is 133 cm³/mol. The Morgan fingerprint density at radius 3 is 2.65 bits per heavy atom. The van der Waals surface area contributed by atoms with Crippen LogP contribution in [0, 0.1) is 6.92 Å². The molecule has 3 aromatic rings. The quantitative estimate of drug-likeness (QED) is 0.547. The lowest BCUT2D eigenvalue weighted by Crippen LogP contribution is -2.45. The molecule has 1 atom stereocenters. The maximum Gasteiger partial charge on any atom is 0.324 e. The van der Waals surface area contributed by atoms with E-state index >= 15 is 0 Å². The van der Waals surface area contributed by atoms with Gasteiger partial charge in [0, 0.05) is 18.2 Å². The average molecular weight is 480 g/mol. The van der Waals surface area contributed by atoms with Gasteiger partial charge in [-0.15, -0.1) is 0 Å². The molecule has 1 fully saturated rings. The molecule has 8 nitrogen and oxygen atoms in total. The molecule has 1 unspecified atom stereocenters. The number of thiazole rings is 1. The summed E-state index contributed by atoms with van der Waals surface area (Å²) in [5.74, 6) is 0.333. The lowest BCUT2D eigenvalue weighted by Gasteiger charge is -2.25. The molecule has 178 valence electrons. The van der Waals surface area contributed by atoms with Crippen molar-refractivity contribution < 1.29 is 14.3 Å². The molecule has 1 aromatic carbocycles. The van der Waals surface area contributed by atoms with Crippen molar-refractivity contribution in [2.24, 2.45) is 5.73 Å². The summed E-state index contributed by atoms with van der Waals surface area (Å²) in [6, 6.07) is 11.1. The minimum atomic E-state index is -0.566. The van der Waals surface area contributed by atoms with Gasteiger partial charge in [0.1, 0.15) is 11.8 Å². The largest absolute Gasteiger partial charge is 0.497 e. The van der Waals surface area contributed by atoms with Gasteiger partial charge in [-0.2, -0.15) is 0 Å². The molecule has 3 amide bonds. The Kier molecular flexibility index (Phi) is 6.56. The number of likely N-dealkylation sites (tertiary alicyclic amines) is 1. The van der Waals surface area contributed by atoms with Crippen LogP contribution >= 0.6 is 11.3 Å². The van der Waals surface area contributed by atoms with E-state index in [1.807, 2.05) is 25.1 Å². The first-order valence-electron chi connectivity index (χ1n) is 11.2. The fraction of sp³-hybridized carbons (Fsp3) is 0.360. The normalized spacial score (nSPS) is 15.9. The second-order valence-corrected chi connectivity index (χ2v) is 9.90. The summed E-state index contributed by atoms with van der Waals surface area (Å²) in [5, 5.41) is 3.33. The van der Waals surface area contributed by atoms with E-state index < -0.39 is 11.9 Å². The van der Waals surface area contributed by atoms with E-state index in [4.69, 9.17) is 10.5 Å². The molecular formula is C25H29N5O3S. The number of aryl methyl sites for hydroxylation is 1. The van der Waals surface area contributed by atoms with Crippen LogP contribution in [0.1, 0.15) is 43.6 Å². The molecule has 2 aromatic heterocycles. The molecule has 1 aliphatic heterocycles. The van der Waals surface area contributed by atoms with Crippen molar-refractivity contribution in [2.45, 2.75) is 45.1 Å². The van der Waals surface area contributed by atoms with Gasteiger partial charge in [-0.1, -0.05) is 37.3 Å². The highest BCUT2D eigenvalue weighted by Gasteiger charge is 2.33. The van der Waals surface area contributed by atoms with E-state index in [2.05, 4.69) is 47.3 Å². The van der Waals surface area contributed by atoms with Crippen molar-refractivity contribution in [3.05, 3.63) is 59.5 Å². The Bertz CT molecular complexity index is 1210. The molecule has 1 saturated heterocycles. The van der Waals surface area contributed by atoms with Crippen LogP contribution in [0.3, 0.4) is 0 Å². The Hall–Kier alpha value is -3.46. The van der Waals surface area contributed by atoms with Crippen LogP contribution in [-0.4, -0.2) is 46.5 Å². The van der Waals surface area contributed by atoms with E-state index in [9.17, 15) is 9.59 Å². The van der Waals surface area contributed by atoms with Gasteiger partial charge in [0.05, 0.1) is 23.4 Å². The van der Waals surface area contributed by atoms with Crippen LogP contribution in [-0.2, 0) is 10.2 Å². The lowest BCUT2D eigenvalue weighted by atomic mass is 9.80. The SMILES string of the molecule is COc1ccc(C(C)(C)c2cc(-c3sc(NC(=O)N4CCCC4C(N)=O)nc3C)ccn2)cc1. The third-order valence-corrected chi connectivity index (χ3v) is 7.45. The molecule has 0 bridgehead atoms. The third-order valence-electron chi connectivity index (χ3n) is 6.33. The van der Waals surface area contributed by atoms with Crippen molar-refractivity contribution in [1.29, 1.82) is 0 Å². The fourth-order valence-electron chi connectivity index (χ4n) is 4.26. The van der Waals surface area contributed by atoms with Gasteiger partial charge in [-0.25, -0.2) is 9.78 Å². The molecule has 4 rings (SSSR count). The average Bonchev–Trinajstić information content (AvgIpc) is 3.46. The summed E-state index contributed by atoms with van der Waals surface area (Å²) in [5.41, 5.74) is 8.97. The smallest absolute Gasteiger partial charge is 0.324 e. The zero-order chi connectivity index (χ0) is 24.5. The first kappa shape index (κ1) is 23.7. The Morgan fingerprint density at radius 1 is 1.24 bits per heavy atom. The predicted octanol–water partition coefficient (Wildman–Crippen LogP) is 4.33. The Labute approximate surface area is 203 Å². The van der Waals surface area contributed by atoms with Crippen molar-refractivity contribution in [1.82, 2.24) is 14.9 Å². The maximum absolute atomic E-state index is 12.7. The number of amides is 3. The van der Waals surface area contributed by atoms with Crippen LogP contribution in [0.5, 0.6) is 5.75 Å². The monoisotopic (exact) mass is 479 g/mol. The van der Waals surface area contributed by atoms with Crippen molar-refractivity contribution in [3.63, 3.8) is 0 Å². The number of hydrogen-bond acceptors (Lipinski definition) is 6. The van der Waals surface area contributed by atoms with Gasteiger partial charge in [0.2, 0.25) is 5.91 Å². The second kappa shape index (κ2) is 9.42. The fourth-order valence-corrected chi connectivity index (χ4v) is 5.21. The van der Waals surface area contributed by atoms with Crippen LogP contribution < -0.4 is 15.8 Å². The Balaban J connectivity index is 1.57. The lowest BCUT2D eigenvalue weighted by molar-refractivity contribution is -0.121. The standard InChI is InChI=1S/C25H29N5O3S/c1-15-21(34-23(28-15)29-24(32)30-13-5-6-19(30)22(26)31)16-11-12-27-20(14-16)25(2,3)17-7-9-18(33-4)10-8-17/h7-12,14,19H,5-6,13H2,1-4H3,(H2,26,31)(H,28,29,32). The summed E-state index contributed by atoms with van der Waals surface area (Å²) in [6.45, 7) is 6.69. The van der Waals surface area contributed by atoms with Crippen molar-refractivity contribution >= 4 is 28.4 Å². The number of ether oxygens (including phenoxy) is 1.